The van der Waals surface area contributed by atoms with Crippen LogP contribution >= 0.6 is 0 Å². The fourth-order valence-corrected chi connectivity index (χ4v) is 2.15. The van der Waals surface area contributed by atoms with E-state index in [4.69, 9.17) is 4.42 Å². The highest BCUT2D eigenvalue weighted by Crippen LogP contribution is 2.25. The van der Waals surface area contributed by atoms with Crippen LogP contribution in [0.4, 0.5) is 0 Å². The molecule has 1 unspecified atom stereocenters. The second-order valence-electron chi connectivity index (χ2n) is 4.89. The Morgan fingerprint density at radius 3 is 2.72 bits per heavy atom. The summed E-state index contributed by atoms with van der Waals surface area (Å²) in [6.07, 6.45) is 1.06. The SMILES string of the molecule is CCNC(CCN(C)C)c1cc2ccccc2o1. The molecule has 0 aliphatic carbocycles. The summed E-state index contributed by atoms with van der Waals surface area (Å²) in [5, 5.41) is 4.68. The maximum absolute atomic E-state index is 5.93. The quantitative estimate of drug-likeness (QED) is 0.849. The van der Waals surface area contributed by atoms with Gasteiger partial charge in [-0.2, -0.15) is 0 Å². The Kier molecular flexibility index (Phi) is 4.39. The Balaban J connectivity index is 2.18. The van der Waals surface area contributed by atoms with Gasteiger partial charge in [0.15, 0.2) is 0 Å². The molecular formula is C15H22N2O. The van der Waals surface area contributed by atoms with Crippen molar-refractivity contribution in [2.45, 2.75) is 19.4 Å². The third kappa shape index (κ3) is 3.12. The van der Waals surface area contributed by atoms with Gasteiger partial charge in [0, 0.05) is 5.39 Å². The lowest BCUT2D eigenvalue weighted by Crippen LogP contribution is -2.25. The van der Waals surface area contributed by atoms with Crippen molar-refractivity contribution in [3.8, 4) is 0 Å². The number of benzene rings is 1. The maximum Gasteiger partial charge on any atom is 0.134 e. The molecule has 18 heavy (non-hydrogen) atoms. The average molecular weight is 246 g/mol. The third-order valence-electron chi connectivity index (χ3n) is 3.10. The molecule has 0 aliphatic heterocycles. The maximum atomic E-state index is 5.93. The van der Waals surface area contributed by atoms with Crippen LogP contribution in [0.5, 0.6) is 0 Å². The summed E-state index contributed by atoms with van der Waals surface area (Å²) < 4.78 is 5.93. The van der Waals surface area contributed by atoms with E-state index in [1.807, 2.05) is 18.2 Å². The molecule has 0 saturated carbocycles. The highest BCUT2D eigenvalue weighted by atomic mass is 16.3. The van der Waals surface area contributed by atoms with Crippen LogP contribution in [0.3, 0.4) is 0 Å². The van der Waals surface area contributed by atoms with Crippen molar-refractivity contribution in [1.29, 1.82) is 0 Å². The van der Waals surface area contributed by atoms with E-state index in [1.54, 1.807) is 0 Å². The molecule has 0 saturated heterocycles. The summed E-state index contributed by atoms with van der Waals surface area (Å²) in [7, 11) is 4.20. The van der Waals surface area contributed by atoms with E-state index in [9.17, 15) is 0 Å². The summed E-state index contributed by atoms with van der Waals surface area (Å²) in [4.78, 5) is 2.20. The second kappa shape index (κ2) is 6.03. The van der Waals surface area contributed by atoms with Gasteiger partial charge in [-0.05, 0) is 45.7 Å². The highest BCUT2D eigenvalue weighted by Gasteiger charge is 2.15. The van der Waals surface area contributed by atoms with Gasteiger partial charge in [0.25, 0.3) is 0 Å². The normalized spacial score (nSPS) is 13.3. The largest absolute Gasteiger partial charge is 0.459 e. The van der Waals surface area contributed by atoms with E-state index in [1.165, 1.54) is 5.39 Å². The van der Waals surface area contributed by atoms with Gasteiger partial charge in [-0.1, -0.05) is 25.1 Å². The molecule has 0 spiro atoms. The first-order valence-electron chi connectivity index (χ1n) is 6.57. The Morgan fingerprint density at radius 1 is 1.28 bits per heavy atom. The van der Waals surface area contributed by atoms with Crippen LogP contribution in [0.1, 0.15) is 25.1 Å². The smallest absolute Gasteiger partial charge is 0.134 e. The molecule has 0 bridgehead atoms. The first-order chi connectivity index (χ1) is 8.70. The molecule has 0 amide bonds. The molecule has 1 heterocycles. The molecule has 2 rings (SSSR count). The summed E-state index contributed by atoms with van der Waals surface area (Å²) in [5.41, 5.74) is 0.972. The second-order valence-corrected chi connectivity index (χ2v) is 4.89. The summed E-state index contributed by atoms with van der Waals surface area (Å²) in [6.45, 7) is 4.13. The Morgan fingerprint density at radius 2 is 2.06 bits per heavy atom. The van der Waals surface area contributed by atoms with E-state index in [0.717, 1.165) is 30.9 Å². The van der Waals surface area contributed by atoms with Crippen molar-refractivity contribution >= 4 is 11.0 Å². The van der Waals surface area contributed by atoms with Crippen LogP contribution in [0, 0.1) is 0 Å². The molecule has 1 N–H and O–H groups in total. The minimum atomic E-state index is 0.296. The molecule has 3 nitrogen and oxygen atoms in total. The Labute approximate surface area is 109 Å². The van der Waals surface area contributed by atoms with E-state index in [-0.39, 0.29) is 0 Å². The lowest BCUT2D eigenvalue weighted by molar-refractivity contribution is 0.340. The number of nitrogens with zero attached hydrogens (tertiary/aromatic N) is 1. The highest BCUT2D eigenvalue weighted by molar-refractivity contribution is 5.77. The van der Waals surface area contributed by atoms with Crippen molar-refractivity contribution in [3.05, 3.63) is 36.1 Å². The molecule has 3 heteroatoms. The van der Waals surface area contributed by atoms with Crippen molar-refractivity contribution in [2.24, 2.45) is 0 Å². The van der Waals surface area contributed by atoms with Crippen molar-refractivity contribution < 1.29 is 4.42 Å². The standard InChI is InChI=1S/C15H22N2O/c1-4-16-13(9-10-17(2)3)15-11-12-7-5-6-8-14(12)18-15/h5-8,11,13,16H,4,9-10H2,1-3H3. The van der Waals surface area contributed by atoms with Crippen LogP contribution in [0.15, 0.2) is 34.7 Å². The van der Waals surface area contributed by atoms with Crippen LogP contribution in [0.2, 0.25) is 0 Å². The third-order valence-corrected chi connectivity index (χ3v) is 3.10. The molecular weight excluding hydrogens is 224 g/mol. The lowest BCUT2D eigenvalue weighted by Gasteiger charge is -2.18. The molecule has 1 aromatic heterocycles. The minimum absolute atomic E-state index is 0.296. The fraction of sp³-hybridized carbons (Fsp3) is 0.467. The summed E-state index contributed by atoms with van der Waals surface area (Å²) >= 11 is 0. The van der Waals surface area contributed by atoms with Crippen LogP contribution in [-0.4, -0.2) is 32.1 Å². The predicted octanol–water partition coefficient (Wildman–Crippen LogP) is 3.04. The minimum Gasteiger partial charge on any atom is -0.459 e. The molecule has 98 valence electrons. The molecule has 2 aromatic rings. The van der Waals surface area contributed by atoms with Gasteiger partial charge in [-0.25, -0.2) is 0 Å². The molecule has 0 aliphatic rings. The Bertz CT molecular complexity index is 457. The van der Waals surface area contributed by atoms with Gasteiger partial charge < -0.3 is 14.6 Å². The van der Waals surface area contributed by atoms with Gasteiger partial charge in [0.2, 0.25) is 0 Å². The van der Waals surface area contributed by atoms with E-state index >= 15 is 0 Å². The van der Waals surface area contributed by atoms with Crippen molar-refractivity contribution in [1.82, 2.24) is 10.2 Å². The number of hydrogen-bond acceptors (Lipinski definition) is 3. The number of fused-ring (bicyclic) bond motifs is 1. The average Bonchev–Trinajstić information content (AvgIpc) is 2.77. The number of nitrogens with one attached hydrogen (secondary N) is 1. The summed E-state index contributed by atoms with van der Waals surface area (Å²) in [6, 6.07) is 10.6. The number of furan rings is 1. The molecule has 0 fully saturated rings. The lowest BCUT2D eigenvalue weighted by atomic mass is 10.1. The first kappa shape index (κ1) is 13.1. The zero-order chi connectivity index (χ0) is 13.0. The number of rotatable bonds is 6. The molecule has 1 aromatic carbocycles. The zero-order valence-corrected chi connectivity index (χ0v) is 11.4. The zero-order valence-electron chi connectivity index (χ0n) is 11.4. The van der Waals surface area contributed by atoms with Crippen LogP contribution in [0.25, 0.3) is 11.0 Å². The first-order valence-corrected chi connectivity index (χ1v) is 6.57. The van der Waals surface area contributed by atoms with Crippen molar-refractivity contribution in [3.63, 3.8) is 0 Å². The predicted molar refractivity (Wildman–Crippen MR) is 75.8 cm³/mol. The topological polar surface area (TPSA) is 28.4 Å². The van der Waals surface area contributed by atoms with Crippen molar-refractivity contribution in [2.75, 3.05) is 27.2 Å². The van der Waals surface area contributed by atoms with E-state index < -0.39 is 0 Å². The van der Waals surface area contributed by atoms with E-state index in [2.05, 4.69) is 43.4 Å². The van der Waals surface area contributed by atoms with Gasteiger partial charge >= 0.3 is 0 Å². The van der Waals surface area contributed by atoms with E-state index in [0.29, 0.717) is 6.04 Å². The van der Waals surface area contributed by atoms with Gasteiger partial charge in [-0.3, -0.25) is 0 Å². The molecule has 1 atom stereocenters. The van der Waals surface area contributed by atoms with Crippen LogP contribution in [-0.2, 0) is 0 Å². The molecule has 0 radical (unpaired) electrons. The summed E-state index contributed by atoms with van der Waals surface area (Å²) in [5.74, 6) is 1.04. The van der Waals surface area contributed by atoms with Gasteiger partial charge in [0.05, 0.1) is 6.04 Å². The number of para-hydroxylation sites is 1. The van der Waals surface area contributed by atoms with Gasteiger partial charge in [-0.15, -0.1) is 0 Å². The monoisotopic (exact) mass is 246 g/mol. The fourth-order valence-electron chi connectivity index (χ4n) is 2.15. The Hall–Kier alpha value is -1.32. The van der Waals surface area contributed by atoms with Gasteiger partial charge in [0.1, 0.15) is 11.3 Å². The number of hydrogen-bond donors (Lipinski definition) is 1. The van der Waals surface area contributed by atoms with Crippen LogP contribution < -0.4 is 5.32 Å².